The van der Waals surface area contributed by atoms with Crippen LogP contribution in [0.4, 0.5) is 0 Å². The van der Waals surface area contributed by atoms with Gasteiger partial charge < -0.3 is 20.2 Å². The summed E-state index contributed by atoms with van der Waals surface area (Å²) >= 11 is 0. The summed E-state index contributed by atoms with van der Waals surface area (Å²) in [4.78, 5) is 28.9. The minimum atomic E-state index is -0.679. The minimum Gasteiger partial charge on any atom is -0.659 e. The van der Waals surface area contributed by atoms with E-state index in [-0.39, 0.29) is 59.0 Å². The minimum absolute atomic E-state index is 0. The number of rotatable bonds is 8. The fourth-order valence-corrected chi connectivity index (χ4v) is 8.90. The molecule has 1 aliphatic rings. The van der Waals surface area contributed by atoms with E-state index in [9.17, 15) is 10.2 Å². The van der Waals surface area contributed by atoms with Gasteiger partial charge in [0.2, 0.25) is 0 Å². The second kappa shape index (κ2) is 20.1. The number of fused-ring (bicyclic) bond motifs is 3. The zero-order valence-electron chi connectivity index (χ0n) is 37.5. The number of benzene rings is 4. The second-order valence-electron chi connectivity index (χ2n) is 17.4. The Hall–Kier alpha value is -6.98. The maximum absolute atomic E-state index is 10.4. The summed E-state index contributed by atoms with van der Waals surface area (Å²) in [6.45, 7) is 6.70. The molecule has 0 radical (unpaired) electrons. The molecule has 10 aromatic rings. The Balaban J connectivity index is 0.000000199. The molecule has 0 spiro atoms. The number of nitrogens with zero attached hydrogens (tertiary/aromatic N) is 6. The van der Waals surface area contributed by atoms with Crippen molar-refractivity contribution >= 4 is 0 Å². The standard InChI is InChI=1S/C37H30N3O.C21H16N3O.2Pt/c1-36(2,3)24-21-22-38-35(23-24)37(28-14-7-4-11-25(28)26-12-5-8-15-29(26)37)34-20-19-32(40-34)31-17-10-16-30(39-31)27-13-6-9-18-33(27)41;25-21-10-2-1-7-17(21)18-8-5-9-19(24-18)20-12-11-16(23-20)14-15-6-3-4-13-22-15;;/h4-23H,1-3H3,(H-,39,40,41);1-13H,14H2,(H-,23,24,25);;/q2*-1;;. The van der Waals surface area contributed by atoms with Gasteiger partial charge in [0, 0.05) is 82.7 Å². The van der Waals surface area contributed by atoms with Crippen molar-refractivity contribution in [3.63, 3.8) is 0 Å². The Labute approximate surface area is 425 Å². The van der Waals surface area contributed by atoms with E-state index in [1.807, 2.05) is 109 Å². The number of aromatic hydroxyl groups is 2. The molecule has 0 atom stereocenters. The number of pyridine rings is 4. The van der Waals surface area contributed by atoms with Crippen molar-refractivity contribution < 1.29 is 52.3 Å². The summed E-state index contributed by atoms with van der Waals surface area (Å²) in [5.74, 6) is 0.426. The topological polar surface area (TPSA) is 120 Å². The molecule has 0 amide bonds. The first-order valence-electron chi connectivity index (χ1n) is 22.0. The molecule has 6 heterocycles. The zero-order chi connectivity index (χ0) is 45.3. The third-order valence-corrected chi connectivity index (χ3v) is 12.2. The molecule has 10 heteroatoms. The summed E-state index contributed by atoms with van der Waals surface area (Å²) < 4.78 is 0. The van der Waals surface area contributed by atoms with Gasteiger partial charge >= 0.3 is 0 Å². The van der Waals surface area contributed by atoms with Crippen molar-refractivity contribution in [1.82, 2.24) is 29.9 Å². The van der Waals surface area contributed by atoms with Crippen LogP contribution in [-0.2, 0) is 59.4 Å². The van der Waals surface area contributed by atoms with E-state index in [1.165, 1.54) is 27.8 Å². The molecular weight excluding hydrogens is 1200 g/mol. The molecule has 0 bridgehead atoms. The third-order valence-electron chi connectivity index (χ3n) is 12.2. The zero-order valence-corrected chi connectivity index (χ0v) is 42.0. The average Bonchev–Trinajstić information content (AvgIpc) is 4.10. The molecule has 0 saturated heterocycles. The smallest absolute Gasteiger partial charge is 0.124 e. The van der Waals surface area contributed by atoms with Crippen LogP contribution >= 0.6 is 0 Å². The Morgan fingerprint density at radius 3 is 1.54 bits per heavy atom. The van der Waals surface area contributed by atoms with Crippen LogP contribution in [0.2, 0.25) is 0 Å². The van der Waals surface area contributed by atoms with Gasteiger partial charge in [-0.1, -0.05) is 136 Å². The monoisotopic (exact) mass is 1250 g/mol. The molecular formula is C58H46N6O2Pt2-2. The van der Waals surface area contributed by atoms with E-state index >= 15 is 0 Å². The number of aromatic nitrogens is 6. The van der Waals surface area contributed by atoms with E-state index in [2.05, 4.69) is 102 Å². The summed E-state index contributed by atoms with van der Waals surface area (Å²) in [5, 5.41) is 20.5. The third kappa shape index (κ3) is 9.19. The van der Waals surface area contributed by atoms with Crippen LogP contribution in [-0.4, -0.2) is 30.1 Å². The van der Waals surface area contributed by atoms with Gasteiger partial charge in [0.1, 0.15) is 11.5 Å². The van der Waals surface area contributed by atoms with Crippen LogP contribution in [0, 0.1) is 0 Å². The number of para-hydroxylation sites is 2. The fourth-order valence-electron chi connectivity index (χ4n) is 8.90. The van der Waals surface area contributed by atoms with Crippen LogP contribution in [0.3, 0.4) is 0 Å². The predicted octanol–water partition coefficient (Wildman–Crippen LogP) is 12.2. The van der Waals surface area contributed by atoms with Crippen LogP contribution in [0.25, 0.3) is 56.4 Å². The molecule has 8 nitrogen and oxygen atoms in total. The molecule has 0 unspecified atom stereocenters. The normalized spacial score (nSPS) is 12.1. The first-order valence-corrected chi connectivity index (χ1v) is 22.0. The van der Waals surface area contributed by atoms with Crippen molar-refractivity contribution in [1.29, 1.82) is 0 Å². The van der Waals surface area contributed by atoms with Crippen molar-refractivity contribution in [3.05, 3.63) is 240 Å². The van der Waals surface area contributed by atoms with Gasteiger partial charge in [-0.25, -0.2) is 9.97 Å². The Kier molecular flexibility index (Phi) is 14.0. The van der Waals surface area contributed by atoms with Crippen molar-refractivity contribution in [2.75, 3.05) is 0 Å². The number of hydrogen-bond donors (Lipinski definition) is 2. The summed E-state index contributed by atoms with van der Waals surface area (Å²) in [5.41, 5.74) is 15.1. The fraction of sp³-hybridized carbons (Fsp3) is 0.103. The van der Waals surface area contributed by atoms with Crippen LogP contribution < -0.4 is 9.97 Å². The van der Waals surface area contributed by atoms with E-state index in [4.69, 9.17) is 15.0 Å². The molecule has 342 valence electrons. The molecule has 0 saturated carbocycles. The maximum Gasteiger partial charge on any atom is 0.124 e. The summed E-state index contributed by atoms with van der Waals surface area (Å²) in [6.07, 6.45) is 4.42. The quantitative estimate of drug-likeness (QED) is 0.154. The van der Waals surface area contributed by atoms with Crippen LogP contribution in [0.1, 0.15) is 60.2 Å². The Morgan fingerprint density at radius 2 is 0.985 bits per heavy atom. The molecule has 0 aliphatic heterocycles. The van der Waals surface area contributed by atoms with Gasteiger partial charge in [0.25, 0.3) is 0 Å². The molecule has 0 fully saturated rings. The number of phenolic OH excluding ortho intramolecular Hbond substituents is 2. The predicted molar refractivity (Wildman–Crippen MR) is 261 cm³/mol. The number of hydrogen-bond acceptors (Lipinski definition) is 6. The van der Waals surface area contributed by atoms with Gasteiger partial charge in [0.15, 0.2) is 0 Å². The van der Waals surface area contributed by atoms with E-state index < -0.39 is 5.41 Å². The van der Waals surface area contributed by atoms with Crippen molar-refractivity contribution in [3.8, 4) is 67.9 Å². The van der Waals surface area contributed by atoms with E-state index in [0.717, 1.165) is 51.2 Å². The first-order chi connectivity index (χ1) is 32.2. The molecule has 6 aromatic heterocycles. The van der Waals surface area contributed by atoms with E-state index in [1.54, 1.807) is 24.4 Å². The largest absolute Gasteiger partial charge is 0.659 e. The second-order valence-corrected chi connectivity index (χ2v) is 17.4. The van der Waals surface area contributed by atoms with Crippen LogP contribution in [0.5, 0.6) is 11.5 Å². The molecule has 4 aromatic carbocycles. The van der Waals surface area contributed by atoms with Gasteiger partial charge in [-0.05, 0) is 112 Å². The van der Waals surface area contributed by atoms with Crippen molar-refractivity contribution in [2.45, 2.75) is 38.0 Å². The van der Waals surface area contributed by atoms with Gasteiger partial charge in [-0.3, -0.25) is 9.97 Å². The first kappa shape index (κ1) is 47.5. The molecule has 11 rings (SSSR count). The maximum atomic E-state index is 10.4. The Bertz CT molecular complexity index is 3290. The van der Waals surface area contributed by atoms with Gasteiger partial charge in [-0.2, -0.15) is 5.69 Å². The molecule has 2 N–H and O–H groups in total. The number of phenols is 2. The average molecular weight is 1250 g/mol. The van der Waals surface area contributed by atoms with Gasteiger partial charge in [-0.15, -0.1) is 17.1 Å². The summed E-state index contributed by atoms with van der Waals surface area (Å²) in [7, 11) is 0. The van der Waals surface area contributed by atoms with E-state index in [0.29, 0.717) is 23.2 Å². The Morgan fingerprint density at radius 1 is 0.471 bits per heavy atom. The van der Waals surface area contributed by atoms with Crippen LogP contribution in [0.15, 0.2) is 200 Å². The van der Waals surface area contributed by atoms with Gasteiger partial charge in [0.05, 0.1) is 22.5 Å². The summed E-state index contributed by atoms with van der Waals surface area (Å²) in [6, 6.07) is 61.7. The molecule has 1 aliphatic carbocycles. The SMILES string of the molecule is CC(C)(C)c1ccnc(C2(c3ccc(-c4cccc(-c5ccccc5O)n4)[n-]3)c3ccccc3-c3ccccc32)c1.Oc1ccccc1-c1cccc(-c2ccc(Cc3ccccn3)[n-]2)n1.[Pt].[Pt]. The van der Waals surface area contributed by atoms with Crippen molar-refractivity contribution in [2.24, 2.45) is 0 Å². The molecule has 68 heavy (non-hydrogen) atoms.